The van der Waals surface area contributed by atoms with Crippen LogP contribution < -0.4 is 10.6 Å². The van der Waals surface area contributed by atoms with Gasteiger partial charge < -0.3 is 15.4 Å². The van der Waals surface area contributed by atoms with Crippen molar-refractivity contribution in [3.05, 3.63) is 34.9 Å². The van der Waals surface area contributed by atoms with Gasteiger partial charge in [-0.2, -0.15) is 0 Å². The molecule has 1 aliphatic heterocycles. The van der Waals surface area contributed by atoms with Gasteiger partial charge in [-0.05, 0) is 25.0 Å². The Labute approximate surface area is 104 Å². The third-order valence-corrected chi connectivity index (χ3v) is 3.20. The number of hydrogen-bond acceptors (Lipinski definition) is 3. The molecule has 1 heterocycles. The van der Waals surface area contributed by atoms with Crippen LogP contribution in [-0.2, 0) is 11.3 Å². The standard InChI is InChI=1S/C14H22N2O/c1-11-3-4-13(12(2)7-11)8-15-9-14-10-17-6-5-16-14/h3-4,7,14-16H,5-6,8-10H2,1-2H3. The van der Waals surface area contributed by atoms with E-state index < -0.39 is 0 Å². The summed E-state index contributed by atoms with van der Waals surface area (Å²) >= 11 is 0. The second kappa shape index (κ2) is 6.15. The Balaban J connectivity index is 1.77. The van der Waals surface area contributed by atoms with Gasteiger partial charge >= 0.3 is 0 Å². The number of morpholine rings is 1. The molecule has 1 fully saturated rings. The maximum atomic E-state index is 5.42. The Kier molecular flexibility index (Phi) is 4.54. The molecule has 1 aromatic carbocycles. The number of benzene rings is 1. The molecular formula is C14H22N2O. The minimum absolute atomic E-state index is 0.453. The van der Waals surface area contributed by atoms with Crippen LogP contribution in [0.25, 0.3) is 0 Å². The fourth-order valence-corrected chi connectivity index (χ4v) is 2.18. The lowest BCUT2D eigenvalue weighted by Gasteiger charge is -2.24. The van der Waals surface area contributed by atoms with Crippen molar-refractivity contribution in [2.45, 2.75) is 26.4 Å². The van der Waals surface area contributed by atoms with Crippen LogP contribution in [0.4, 0.5) is 0 Å². The van der Waals surface area contributed by atoms with E-state index in [4.69, 9.17) is 4.74 Å². The highest BCUT2D eigenvalue weighted by molar-refractivity contribution is 5.30. The first kappa shape index (κ1) is 12.6. The predicted octanol–water partition coefficient (Wildman–Crippen LogP) is 1.38. The molecule has 1 aromatic rings. The zero-order chi connectivity index (χ0) is 12.1. The van der Waals surface area contributed by atoms with Crippen molar-refractivity contribution in [2.75, 3.05) is 26.3 Å². The Bertz CT molecular complexity index is 359. The molecule has 3 nitrogen and oxygen atoms in total. The minimum Gasteiger partial charge on any atom is -0.378 e. The molecule has 2 N–H and O–H groups in total. The topological polar surface area (TPSA) is 33.3 Å². The lowest BCUT2D eigenvalue weighted by Crippen LogP contribution is -2.47. The third-order valence-electron chi connectivity index (χ3n) is 3.20. The third kappa shape index (κ3) is 3.80. The number of aryl methyl sites for hydroxylation is 2. The average Bonchev–Trinajstić information content (AvgIpc) is 2.33. The van der Waals surface area contributed by atoms with E-state index in [1.54, 1.807) is 0 Å². The van der Waals surface area contributed by atoms with Crippen molar-refractivity contribution in [3.63, 3.8) is 0 Å². The maximum absolute atomic E-state index is 5.42. The van der Waals surface area contributed by atoms with Gasteiger partial charge in [0, 0.05) is 25.7 Å². The van der Waals surface area contributed by atoms with E-state index in [0.29, 0.717) is 6.04 Å². The zero-order valence-corrected chi connectivity index (χ0v) is 10.8. The summed E-state index contributed by atoms with van der Waals surface area (Å²) in [7, 11) is 0. The lowest BCUT2D eigenvalue weighted by atomic mass is 10.1. The first-order valence-electron chi connectivity index (χ1n) is 6.33. The number of rotatable bonds is 4. The van der Waals surface area contributed by atoms with Crippen LogP contribution in [0.3, 0.4) is 0 Å². The van der Waals surface area contributed by atoms with Crippen molar-refractivity contribution in [2.24, 2.45) is 0 Å². The minimum atomic E-state index is 0.453. The summed E-state index contributed by atoms with van der Waals surface area (Å²) in [5.74, 6) is 0. The van der Waals surface area contributed by atoms with Crippen LogP contribution in [0.1, 0.15) is 16.7 Å². The number of hydrogen-bond donors (Lipinski definition) is 2. The predicted molar refractivity (Wildman–Crippen MR) is 70.2 cm³/mol. The summed E-state index contributed by atoms with van der Waals surface area (Å²) < 4.78 is 5.42. The second-order valence-electron chi connectivity index (χ2n) is 4.79. The summed E-state index contributed by atoms with van der Waals surface area (Å²) in [6, 6.07) is 7.07. The average molecular weight is 234 g/mol. The monoisotopic (exact) mass is 234 g/mol. The van der Waals surface area contributed by atoms with Crippen LogP contribution in [0.15, 0.2) is 18.2 Å². The Morgan fingerprint density at radius 2 is 2.29 bits per heavy atom. The van der Waals surface area contributed by atoms with Gasteiger partial charge in [0.1, 0.15) is 0 Å². The molecule has 0 spiro atoms. The molecule has 0 aromatic heterocycles. The molecule has 0 bridgehead atoms. The molecular weight excluding hydrogens is 212 g/mol. The highest BCUT2D eigenvalue weighted by atomic mass is 16.5. The fourth-order valence-electron chi connectivity index (χ4n) is 2.18. The maximum Gasteiger partial charge on any atom is 0.0632 e. The van der Waals surface area contributed by atoms with Gasteiger partial charge in [-0.25, -0.2) is 0 Å². The Morgan fingerprint density at radius 3 is 3.00 bits per heavy atom. The van der Waals surface area contributed by atoms with E-state index >= 15 is 0 Å². The van der Waals surface area contributed by atoms with Crippen LogP contribution in [0.5, 0.6) is 0 Å². The SMILES string of the molecule is Cc1ccc(CNCC2COCCN2)c(C)c1. The molecule has 2 rings (SSSR count). The highest BCUT2D eigenvalue weighted by Gasteiger charge is 2.11. The molecule has 0 saturated carbocycles. The molecule has 3 heteroatoms. The molecule has 94 valence electrons. The van der Waals surface area contributed by atoms with Crippen LogP contribution in [0.2, 0.25) is 0 Å². The first-order chi connectivity index (χ1) is 8.25. The number of ether oxygens (including phenoxy) is 1. The van der Waals surface area contributed by atoms with Crippen molar-refractivity contribution in [1.29, 1.82) is 0 Å². The van der Waals surface area contributed by atoms with Crippen molar-refractivity contribution >= 4 is 0 Å². The Morgan fingerprint density at radius 1 is 1.41 bits per heavy atom. The van der Waals surface area contributed by atoms with Crippen LogP contribution in [-0.4, -0.2) is 32.3 Å². The Hall–Kier alpha value is -0.900. The first-order valence-corrected chi connectivity index (χ1v) is 6.33. The fraction of sp³-hybridized carbons (Fsp3) is 0.571. The van der Waals surface area contributed by atoms with Crippen LogP contribution >= 0.6 is 0 Å². The molecule has 1 saturated heterocycles. The van der Waals surface area contributed by atoms with Gasteiger partial charge in [0.25, 0.3) is 0 Å². The second-order valence-corrected chi connectivity index (χ2v) is 4.79. The highest BCUT2D eigenvalue weighted by Crippen LogP contribution is 2.10. The smallest absolute Gasteiger partial charge is 0.0632 e. The van der Waals surface area contributed by atoms with Crippen molar-refractivity contribution in [1.82, 2.24) is 10.6 Å². The molecule has 1 atom stereocenters. The quantitative estimate of drug-likeness (QED) is 0.826. The van der Waals surface area contributed by atoms with Crippen molar-refractivity contribution < 1.29 is 4.74 Å². The zero-order valence-electron chi connectivity index (χ0n) is 10.8. The summed E-state index contributed by atoms with van der Waals surface area (Å²) in [5.41, 5.74) is 4.08. The van der Waals surface area contributed by atoms with Crippen molar-refractivity contribution in [3.8, 4) is 0 Å². The van der Waals surface area contributed by atoms with Gasteiger partial charge in [-0.1, -0.05) is 23.8 Å². The van der Waals surface area contributed by atoms with E-state index in [0.717, 1.165) is 32.8 Å². The van der Waals surface area contributed by atoms with Gasteiger partial charge in [-0.15, -0.1) is 0 Å². The van der Waals surface area contributed by atoms with Gasteiger partial charge in [0.2, 0.25) is 0 Å². The lowest BCUT2D eigenvalue weighted by molar-refractivity contribution is 0.0766. The summed E-state index contributed by atoms with van der Waals surface area (Å²) in [5, 5.41) is 6.93. The normalized spacial score (nSPS) is 20.5. The molecule has 0 aliphatic carbocycles. The van der Waals surface area contributed by atoms with E-state index in [2.05, 4.69) is 42.7 Å². The van der Waals surface area contributed by atoms with E-state index in [1.165, 1.54) is 16.7 Å². The summed E-state index contributed by atoms with van der Waals surface area (Å²) in [6.07, 6.45) is 0. The van der Waals surface area contributed by atoms with Crippen LogP contribution in [0, 0.1) is 13.8 Å². The van der Waals surface area contributed by atoms with E-state index in [9.17, 15) is 0 Å². The van der Waals surface area contributed by atoms with Gasteiger partial charge in [0.15, 0.2) is 0 Å². The molecule has 1 unspecified atom stereocenters. The van der Waals surface area contributed by atoms with E-state index in [-0.39, 0.29) is 0 Å². The molecule has 17 heavy (non-hydrogen) atoms. The van der Waals surface area contributed by atoms with E-state index in [1.807, 2.05) is 0 Å². The summed E-state index contributed by atoms with van der Waals surface area (Å²) in [6.45, 7) is 8.83. The molecule has 0 amide bonds. The summed E-state index contributed by atoms with van der Waals surface area (Å²) in [4.78, 5) is 0. The molecule has 0 radical (unpaired) electrons. The largest absolute Gasteiger partial charge is 0.378 e. The molecule has 1 aliphatic rings. The van der Waals surface area contributed by atoms with Gasteiger partial charge in [-0.3, -0.25) is 0 Å². The van der Waals surface area contributed by atoms with Gasteiger partial charge in [0.05, 0.1) is 13.2 Å². The number of nitrogens with one attached hydrogen (secondary N) is 2.